The van der Waals surface area contributed by atoms with Crippen LogP contribution in [0, 0.1) is 0 Å². The number of carbonyl (C=O) groups excluding carboxylic acids is 3. The summed E-state index contributed by atoms with van der Waals surface area (Å²) in [5, 5.41) is 29.7. The van der Waals surface area contributed by atoms with E-state index in [9.17, 15) is 29.4 Å². The molecule has 13 N–H and O–H groups in total. The highest BCUT2D eigenvalue weighted by Crippen LogP contribution is 2.21. The van der Waals surface area contributed by atoms with Crippen molar-refractivity contribution in [2.24, 2.45) is 22.2 Å². The lowest BCUT2D eigenvalue weighted by molar-refractivity contribution is -0.143. The number of aliphatic hydroxyl groups is 1. The van der Waals surface area contributed by atoms with E-state index in [0.29, 0.717) is 17.5 Å². The van der Waals surface area contributed by atoms with Gasteiger partial charge in [-0.2, -0.15) is 0 Å². The highest BCUT2D eigenvalue weighted by atomic mass is 16.4. The topological polar surface area (TPSA) is 267 Å². The van der Waals surface area contributed by atoms with E-state index in [1.165, 1.54) is 6.92 Å². The minimum atomic E-state index is -1.54. The maximum atomic E-state index is 13.7. The maximum absolute atomic E-state index is 13.7. The van der Waals surface area contributed by atoms with Gasteiger partial charge in [0.2, 0.25) is 17.7 Å². The molecule has 0 fully saturated rings. The number of aliphatic hydroxyl groups excluding tert-OH is 1. The molecule has 0 radical (unpaired) electrons. The van der Waals surface area contributed by atoms with Gasteiger partial charge in [0.1, 0.15) is 18.1 Å². The van der Waals surface area contributed by atoms with Crippen molar-refractivity contribution in [3.8, 4) is 0 Å². The van der Waals surface area contributed by atoms with Gasteiger partial charge < -0.3 is 53.3 Å². The van der Waals surface area contributed by atoms with E-state index in [1.807, 2.05) is 48.5 Å². The number of para-hydroxylation sites is 2. The average molecular weight is 648 g/mol. The van der Waals surface area contributed by atoms with Gasteiger partial charge in [0.25, 0.3) is 0 Å². The standard InChI is InChI=1S/C32H41N9O6/c1-17(42)27(30(45)40-26(31(46)47)14-19-16-38-24-11-5-3-8-21(19)24)41-29(44)25(13-18-15-37-23-10-4-2-7-20(18)23)39-28(43)22(33)9-6-12-36-32(34)35/h2-5,7-8,10-11,15-17,22,25-27,37-38,42H,6,9,12-14,33H2,1H3,(H,39,43)(H,40,45)(H,41,44)(H,46,47)(H4,34,35,36). The van der Waals surface area contributed by atoms with Crippen LogP contribution in [0.1, 0.15) is 30.9 Å². The Bertz CT molecular complexity index is 1740. The lowest BCUT2D eigenvalue weighted by Gasteiger charge is -2.26. The van der Waals surface area contributed by atoms with Gasteiger partial charge in [-0.1, -0.05) is 36.4 Å². The number of carbonyl (C=O) groups is 4. The number of aromatic amines is 2. The second-order valence-electron chi connectivity index (χ2n) is 11.4. The van der Waals surface area contributed by atoms with Crippen molar-refractivity contribution in [3.63, 3.8) is 0 Å². The number of fused-ring (bicyclic) bond motifs is 2. The van der Waals surface area contributed by atoms with Gasteiger partial charge in [-0.25, -0.2) is 4.79 Å². The zero-order chi connectivity index (χ0) is 34.1. The third-order valence-corrected chi connectivity index (χ3v) is 7.81. The minimum absolute atomic E-state index is 0.0226. The SMILES string of the molecule is CC(O)C(NC(=O)C(Cc1c[nH]c2ccccc12)NC(=O)C(N)CCCN=C(N)N)C(=O)NC(Cc1c[nH]c2ccccc12)C(=O)O. The number of guanidine groups is 1. The number of carboxylic acid groups (broad SMARTS) is 1. The number of benzene rings is 2. The summed E-state index contributed by atoms with van der Waals surface area (Å²) in [5.41, 5.74) is 19.8. The van der Waals surface area contributed by atoms with Crippen LogP contribution in [-0.4, -0.2) is 86.6 Å². The van der Waals surface area contributed by atoms with Crippen molar-refractivity contribution in [1.29, 1.82) is 0 Å². The molecular formula is C32H41N9O6. The van der Waals surface area contributed by atoms with Gasteiger partial charge in [0.05, 0.1) is 12.1 Å². The van der Waals surface area contributed by atoms with Crippen molar-refractivity contribution in [1.82, 2.24) is 25.9 Å². The van der Waals surface area contributed by atoms with E-state index >= 15 is 0 Å². The Kier molecular flexibility index (Phi) is 11.5. The first-order chi connectivity index (χ1) is 22.4. The number of carboxylic acids is 1. The third-order valence-electron chi connectivity index (χ3n) is 7.81. The lowest BCUT2D eigenvalue weighted by atomic mass is 10.0. The summed E-state index contributed by atoms with van der Waals surface area (Å²) in [6, 6.07) is 9.65. The van der Waals surface area contributed by atoms with Crippen LogP contribution in [0.15, 0.2) is 65.9 Å². The molecule has 47 heavy (non-hydrogen) atoms. The number of hydrogen-bond donors (Lipinski definition) is 10. The third kappa shape index (κ3) is 9.08. The number of aromatic nitrogens is 2. The number of nitrogens with two attached hydrogens (primary N) is 3. The molecule has 4 aromatic rings. The average Bonchev–Trinajstić information content (AvgIpc) is 3.64. The van der Waals surface area contributed by atoms with Crippen molar-refractivity contribution in [2.75, 3.05) is 6.54 Å². The number of amides is 3. The number of nitrogens with zero attached hydrogens (tertiary/aromatic N) is 1. The van der Waals surface area contributed by atoms with E-state index in [2.05, 4.69) is 30.9 Å². The molecular weight excluding hydrogens is 606 g/mol. The first-order valence-corrected chi connectivity index (χ1v) is 15.2. The smallest absolute Gasteiger partial charge is 0.326 e. The summed E-state index contributed by atoms with van der Waals surface area (Å²) < 4.78 is 0. The molecule has 2 aromatic heterocycles. The van der Waals surface area contributed by atoms with Gasteiger partial charge in [0.15, 0.2) is 5.96 Å². The van der Waals surface area contributed by atoms with Crippen molar-refractivity contribution in [3.05, 3.63) is 72.1 Å². The quantitative estimate of drug-likeness (QED) is 0.0435. The molecule has 0 saturated carbocycles. The number of hydrogen-bond acceptors (Lipinski definition) is 7. The van der Waals surface area contributed by atoms with Gasteiger partial charge in [-0.3, -0.25) is 19.4 Å². The second-order valence-corrected chi connectivity index (χ2v) is 11.4. The maximum Gasteiger partial charge on any atom is 0.326 e. The van der Waals surface area contributed by atoms with Gasteiger partial charge in [0, 0.05) is 53.6 Å². The normalized spacial score (nSPS) is 14.4. The van der Waals surface area contributed by atoms with E-state index in [1.54, 1.807) is 12.4 Å². The molecule has 0 aliphatic carbocycles. The second kappa shape index (κ2) is 15.7. The molecule has 250 valence electrons. The van der Waals surface area contributed by atoms with Crippen LogP contribution < -0.4 is 33.2 Å². The van der Waals surface area contributed by atoms with Gasteiger partial charge >= 0.3 is 5.97 Å². The molecule has 0 bridgehead atoms. The molecule has 0 aliphatic heterocycles. The van der Waals surface area contributed by atoms with Crippen LogP contribution in [0.25, 0.3) is 21.8 Å². The van der Waals surface area contributed by atoms with Crippen LogP contribution in [0.2, 0.25) is 0 Å². The fourth-order valence-electron chi connectivity index (χ4n) is 5.30. The molecule has 3 amide bonds. The van der Waals surface area contributed by atoms with Crippen LogP contribution in [0.5, 0.6) is 0 Å². The predicted octanol–water partition coefficient (Wildman–Crippen LogP) is -0.265. The highest BCUT2D eigenvalue weighted by Gasteiger charge is 2.33. The highest BCUT2D eigenvalue weighted by molar-refractivity contribution is 5.95. The first kappa shape index (κ1) is 34.5. The summed E-state index contributed by atoms with van der Waals surface area (Å²) in [6.07, 6.45) is 2.59. The molecule has 4 rings (SSSR count). The summed E-state index contributed by atoms with van der Waals surface area (Å²) in [5.74, 6) is -3.67. The van der Waals surface area contributed by atoms with Crippen LogP contribution in [0.3, 0.4) is 0 Å². The molecule has 2 aromatic carbocycles. The molecule has 5 atom stereocenters. The monoisotopic (exact) mass is 647 g/mol. The van der Waals surface area contributed by atoms with Crippen molar-refractivity contribution < 1.29 is 29.4 Å². The van der Waals surface area contributed by atoms with E-state index in [4.69, 9.17) is 17.2 Å². The largest absolute Gasteiger partial charge is 0.480 e. The zero-order valence-electron chi connectivity index (χ0n) is 25.9. The molecule has 15 nitrogen and oxygen atoms in total. The fraction of sp³-hybridized carbons (Fsp3) is 0.344. The molecule has 0 aliphatic rings. The Labute approximate surface area is 270 Å². The number of aliphatic carboxylic acids is 1. The Morgan fingerprint density at radius 2 is 1.34 bits per heavy atom. The summed E-state index contributed by atoms with van der Waals surface area (Å²) in [6.45, 7) is 1.56. The van der Waals surface area contributed by atoms with Crippen LogP contribution in [0.4, 0.5) is 0 Å². The van der Waals surface area contributed by atoms with E-state index < -0.39 is 54.0 Å². The molecule has 0 spiro atoms. The van der Waals surface area contributed by atoms with Crippen molar-refractivity contribution >= 4 is 51.5 Å². The molecule has 2 heterocycles. The Morgan fingerprint density at radius 3 is 1.87 bits per heavy atom. The molecule has 15 heteroatoms. The lowest BCUT2D eigenvalue weighted by Crippen LogP contribution is -2.60. The molecule has 5 unspecified atom stereocenters. The van der Waals surface area contributed by atoms with Gasteiger partial charge in [-0.05, 0) is 43.0 Å². The van der Waals surface area contributed by atoms with E-state index in [0.717, 1.165) is 21.8 Å². The fourth-order valence-corrected chi connectivity index (χ4v) is 5.30. The summed E-state index contributed by atoms with van der Waals surface area (Å²) in [4.78, 5) is 62.4. The number of aliphatic imine (C=N–C) groups is 1. The number of H-pyrrole nitrogens is 2. The van der Waals surface area contributed by atoms with Crippen molar-refractivity contribution in [2.45, 2.75) is 62.9 Å². The van der Waals surface area contributed by atoms with Gasteiger partial charge in [-0.15, -0.1) is 0 Å². The molecule has 0 saturated heterocycles. The Hall–Kier alpha value is -5.41. The first-order valence-electron chi connectivity index (χ1n) is 15.2. The number of nitrogens with one attached hydrogen (secondary N) is 5. The Balaban J connectivity index is 1.50. The summed E-state index contributed by atoms with van der Waals surface area (Å²) in [7, 11) is 0. The van der Waals surface area contributed by atoms with E-state index in [-0.39, 0.29) is 31.8 Å². The van der Waals surface area contributed by atoms with Crippen LogP contribution >= 0.6 is 0 Å². The Morgan fingerprint density at radius 1 is 0.809 bits per heavy atom. The predicted molar refractivity (Wildman–Crippen MR) is 177 cm³/mol. The van der Waals surface area contributed by atoms with Crippen LogP contribution in [-0.2, 0) is 32.0 Å². The minimum Gasteiger partial charge on any atom is -0.480 e. The number of rotatable bonds is 16. The summed E-state index contributed by atoms with van der Waals surface area (Å²) >= 11 is 0. The zero-order valence-corrected chi connectivity index (χ0v) is 25.9.